The summed E-state index contributed by atoms with van der Waals surface area (Å²) in [6.07, 6.45) is 4.60. The van der Waals surface area contributed by atoms with E-state index >= 15 is 0 Å². The second-order valence-electron chi connectivity index (χ2n) is 4.29. The Morgan fingerprint density at radius 2 is 2.05 bits per heavy atom. The predicted octanol–water partition coefficient (Wildman–Crippen LogP) is 1.86. The van der Waals surface area contributed by atoms with Crippen LogP contribution in [0.2, 0.25) is 0 Å². The van der Waals surface area contributed by atoms with Gasteiger partial charge in [0.1, 0.15) is 0 Å². The van der Waals surface area contributed by atoms with Crippen LogP contribution >= 0.6 is 0 Å². The lowest BCUT2D eigenvalue weighted by atomic mass is 10.1. The third kappa shape index (κ3) is 2.03. The van der Waals surface area contributed by atoms with Gasteiger partial charge in [-0.15, -0.1) is 0 Å². The quantitative estimate of drug-likeness (QED) is 0.700. The molecule has 5 heteroatoms. The maximum Gasteiger partial charge on any atom is 0.252 e. The van der Waals surface area contributed by atoms with Gasteiger partial charge in [0.15, 0.2) is 0 Å². The molecule has 0 bridgehead atoms. The predicted molar refractivity (Wildman–Crippen MR) is 73.0 cm³/mol. The third-order valence-corrected chi connectivity index (χ3v) is 3.11. The van der Waals surface area contributed by atoms with Crippen molar-refractivity contribution < 1.29 is 0 Å². The van der Waals surface area contributed by atoms with Gasteiger partial charge in [-0.2, -0.15) is 4.98 Å². The molecule has 0 fully saturated rings. The summed E-state index contributed by atoms with van der Waals surface area (Å²) in [6, 6.07) is 10.00. The van der Waals surface area contributed by atoms with Crippen molar-refractivity contribution in [2.75, 3.05) is 0 Å². The highest BCUT2D eigenvalue weighted by atomic mass is 15.4. The standard InChI is InChI=1S/C14H15N5/c1-3-11-7-4-5-8-12(11)16-14-17-13-15-9-6-10-19(13)18(14)2/h4-10H,3H2,1-2H3. The molecular weight excluding hydrogens is 238 g/mol. The lowest BCUT2D eigenvalue weighted by Gasteiger charge is -2.01. The zero-order chi connectivity index (χ0) is 13.2. The highest BCUT2D eigenvalue weighted by Gasteiger charge is 2.03. The molecule has 0 amide bonds. The van der Waals surface area contributed by atoms with E-state index in [1.165, 1.54) is 5.56 Å². The van der Waals surface area contributed by atoms with Crippen molar-refractivity contribution in [1.82, 2.24) is 19.2 Å². The van der Waals surface area contributed by atoms with E-state index in [1.54, 1.807) is 6.20 Å². The SMILES string of the molecule is CCc1ccccc1N=c1nc2ncccn2n1C. The normalized spacial score (nSPS) is 12.2. The molecule has 3 aromatic rings. The van der Waals surface area contributed by atoms with Crippen LogP contribution in [-0.2, 0) is 13.5 Å². The third-order valence-electron chi connectivity index (χ3n) is 3.11. The van der Waals surface area contributed by atoms with Crippen LogP contribution in [-0.4, -0.2) is 19.2 Å². The van der Waals surface area contributed by atoms with Gasteiger partial charge in [0.05, 0.1) is 5.69 Å². The molecule has 0 aliphatic carbocycles. The van der Waals surface area contributed by atoms with E-state index in [0.29, 0.717) is 11.4 Å². The van der Waals surface area contributed by atoms with Crippen molar-refractivity contribution in [3.05, 3.63) is 53.9 Å². The number of fused-ring (bicyclic) bond motifs is 1. The lowest BCUT2D eigenvalue weighted by molar-refractivity contribution is 0.660. The van der Waals surface area contributed by atoms with Crippen LogP contribution < -0.4 is 5.62 Å². The fourth-order valence-corrected chi connectivity index (χ4v) is 2.05. The first-order chi connectivity index (χ1) is 9.29. The van der Waals surface area contributed by atoms with E-state index in [0.717, 1.165) is 12.1 Å². The van der Waals surface area contributed by atoms with E-state index in [9.17, 15) is 0 Å². The van der Waals surface area contributed by atoms with E-state index in [1.807, 2.05) is 46.7 Å². The fourth-order valence-electron chi connectivity index (χ4n) is 2.05. The lowest BCUT2D eigenvalue weighted by Crippen LogP contribution is -2.18. The number of benzene rings is 1. The largest absolute Gasteiger partial charge is 0.252 e. The summed E-state index contributed by atoms with van der Waals surface area (Å²) in [5.74, 6) is 0.651. The Morgan fingerprint density at radius 3 is 2.84 bits per heavy atom. The molecule has 3 rings (SSSR count). The van der Waals surface area contributed by atoms with Crippen LogP contribution in [0.5, 0.6) is 0 Å². The molecule has 0 radical (unpaired) electrons. The molecule has 0 atom stereocenters. The molecule has 0 N–H and O–H groups in total. The first-order valence-electron chi connectivity index (χ1n) is 6.28. The smallest absolute Gasteiger partial charge is 0.248 e. The first kappa shape index (κ1) is 11.6. The maximum atomic E-state index is 4.64. The van der Waals surface area contributed by atoms with Gasteiger partial charge in [-0.3, -0.25) is 0 Å². The molecule has 0 saturated carbocycles. The second-order valence-corrected chi connectivity index (χ2v) is 4.29. The number of hydrogen-bond donors (Lipinski definition) is 0. The van der Waals surface area contributed by atoms with Gasteiger partial charge in [0.2, 0.25) is 5.62 Å². The summed E-state index contributed by atoms with van der Waals surface area (Å²) in [5, 5.41) is 0. The Hall–Kier alpha value is -2.43. The highest BCUT2D eigenvalue weighted by molar-refractivity contribution is 5.45. The molecule has 2 aromatic heterocycles. The van der Waals surface area contributed by atoms with Gasteiger partial charge in [0, 0.05) is 19.4 Å². The van der Waals surface area contributed by atoms with Crippen LogP contribution in [0.15, 0.2) is 47.7 Å². The average Bonchev–Trinajstić information content (AvgIpc) is 2.77. The summed E-state index contributed by atoms with van der Waals surface area (Å²) >= 11 is 0. The molecule has 19 heavy (non-hydrogen) atoms. The number of hydrogen-bond acceptors (Lipinski definition) is 3. The van der Waals surface area contributed by atoms with Crippen molar-refractivity contribution in [2.24, 2.45) is 12.0 Å². The van der Waals surface area contributed by atoms with E-state index in [4.69, 9.17) is 0 Å². The minimum absolute atomic E-state index is 0.651. The number of aromatic nitrogens is 4. The molecule has 1 aromatic carbocycles. The van der Waals surface area contributed by atoms with Crippen molar-refractivity contribution in [1.29, 1.82) is 0 Å². The highest BCUT2D eigenvalue weighted by Crippen LogP contribution is 2.17. The molecule has 96 valence electrons. The molecule has 0 saturated heterocycles. The van der Waals surface area contributed by atoms with Crippen molar-refractivity contribution >= 4 is 11.5 Å². The molecule has 2 heterocycles. The van der Waals surface area contributed by atoms with Gasteiger partial charge in [-0.05, 0) is 24.1 Å². The molecule has 0 aliphatic heterocycles. The summed E-state index contributed by atoms with van der Waals surface area (Å²) in [6.45, 7) is 2.12. The van der Waals surface area contributed by atoms with Gasteiger partial charge in [0.25, 0.3) is 5.78 Å². The summed E-state index contributed by atoms with van der Waals surface area (Å²) in [7, 11) is 1.93. The Morgan fingerprint density at radius 1 is 1.21 bits per heavy atom. The number of aryl methyl sites for hydroxylation is 2. The minimum Gasteiger partial charge on any atom is -0.248 e. The second kappa shape index (κ2) is 4.68. The van der Waals surface area contributed by atoms with Crippen molar-refractivity contribution in [3.8, 4) is 0 Å². The molecule has 0 aliphatic rings. The first-order valence-corrected chi connectivity index (χ1v) is 6.28. The summed E-state index contributed by atoms with van der Waals surface area (Å²) in [4.78, 5) is 13.3. The van der Waals surface area contributed by atoms with Gasteiger partial charge < -0.3 is 0 Å². The van der Waals surface area contributed by atoms with E-state index in [-0.39, 0.29) is 0 Å². The molecule has 5 nitrogen and oxygen atoms in total. The van der Waals surface area contributed by atoms with Crippen LogP contribution in [0.1, 0.15) is 12.5 Å². The number of nitrogens with zero attached hydrogens (tertiary/aromatic N) is 5. The maximum absolute atomic E-state index is 4.64. The van der Waals surface area contributed by atoms with E-state index < -0.39 is 0 Å². The van der Waals surface area contributed by atoms with Gasteiger partial charge >= 0.3 is 0 Å². The number of rotatable bonds is 2. The zero-order valence-corrected chi connectivity index (χ0v) is 11.0. The molecule has 0 spiro atoms. The monoisotopic (exact) mass is 253 g/mol. The van der Waals surface area contributed by atoms with Crippen molar-refractivity contribution in [3.63, 3.8) is 0 Å². The Labute approximate surface area is 110 Å². The Bertz CT molecular complexity index is 782. The molecule has 0 unspecified atom stereocenters. The zero-order valence-electron chi connectivity index (χ0n) is 11.0. The summed E-state index contributed by atoms with van der Waals surface area (Å²) < 4.78 is 3.75. The van der Waals surface area contributed by atoms with Crippen molar-refractivity contribution in [2.45, 2.75) is 13.3 Å². The van der Waals surface area contributed by atoms with Crippen LogP contribution in [0, 0.1) is 0 Å². The average molecular weight is 253 g/mol. The van der Waals surface area contributed by atoms with Crippen LogP contribution in [0.4, 0.5) is 5.69 Å². The van der Waals surface area contributed by atoms with Crippen LogP contribution in [0.3, 0.4) is 0 Å². The van der Waals surface area contributed by atoms with Gasteiger partial charge in [-0.1, -0.05) is 25.1 Å². The minimum atomic E-state index is 0.651. The molecular formula is C14H15N5. The fraction of sp³-hybridized carbons (Fsp3) is 0.214. The van der Waals surface area contributed by atoms with Gasteiger partial charge in [-0.25, -0.2) is 19.2 Å². The topological polar surface area (TPSA) is 47.5 Å². The summed E-state index contributed by atoms with van der Waals surface area (Å²) in [5.41, 5.74) is 2.83. The Balaban J connectivity index is 2.23. The van der Waals surface area contributed by atoms with E-state index in [2.05, 4.69) is 28.0 Å². The van der Waals surface area contributed by atoms with Crippen LogP contribution in [0.25, 0.3) is 5.78 Å². The Kier molecular flexibility index (Phi) is 2.87. The number of para-hydroxylation sites is 1.